The second-order valence-electron chi connectivity index (χ2n) is 9.51. The van der Waals surface area contributed by atoms with Gasteiger partial charge in [-0.05, 0) is 74.1 Å². The number of hydrogen-bond acceptors (Lipinski definition) is 6. The van der Waals surface area contributed by atoms with Crippen LogP contribution in [0.2, 0.25) is 0 Å². The topological polar surface area (TPSA) is 95.6 Å². The van der Waals surface area contributed by atoms with Crippen LogP contribution in [0, 0.1) is 12.7 Å². The van der Waals surface area contributed by atoms with Crippen LogP contribution in [0.25, 0.3) is 55.7 Å². The van der Waals surface area contributed by atoms with Crippen molar-refractivity contribution in [2.24, 2.45) is 0 Å². The standard InChI is InChI=1S/C29H26FN7O/c1-17-4-6-31-15-24(17)25-14-23-27(16-33-25)35-36-28(23)26-13-22-21(5-7-32-29(22)34-26)18-10-19(30)12-20(11-18)38-9-8-37(2)3/h4-7,10-16H,8-9H2,1-3H3,(H,32,34)(H,35,36). The van der Waals surface area contributed by atoms with E-state index < -0.39 is 0 Å². The normalized spacial score (nSPS) is 11.6. The predicted molar refractivity (Wildman–Crippen MR) is 146 cm³/mol. The minimum absolute atomic E-state index is 0.355. The van der Waals surface area contributed by atoms with E-state index in [9.17, 15) is 4.39 Å². The Hall–Kier alpha value is -4.63. The monoisotopic (exact) mass is 507 g/mol. The molecule has 2 N–H and O–H groups in total. The second kappa shape index (κ2) is 9.68. The number of aromatic nitrogens is 6. The van der Waals surface area contributed by atoms with Gasteiger partial charge in [-0.15, -0.1) is 0 Å². The van der Waals surface area contributed by atoms with Crippen LogP contribution in [-0.2, 0) is 0 Å². The first-order valence-corrected chi connectivity index (χ1v) is 12.3. The summed E-state index contributed by atoms with van der Waals surface area (Å²) >= 11 is 0. The van der Waals surface area contributed by atoms with Crippen molar-refractivity contribution in [2.45, 2.75) is 6.92 Å². The van der Waals surface area contributed by atoms with Crippen LogP contribution in [0.4, 0.5) is 4.39 Å². The summed E-state index contributed by atoms with van der Waals surface area (Å²) in [7, 11) is 3.94. The molecule has 0 fully saturated rings. The van der Waals surface area contributed by atoms with Gasteiger partial charge in [0.2, 0.25) is 0 Å². The van der Waals surface area contributed by atoms with E-state index in [1.807, 2.05) is 62.4 Å². The predicted octanol–water partition coefficient (Wildman–Crippen LogP) is 5.62. The van der Waals surface area contributed by atoms with Gasteiger partial charge in [-0.2, -0.15) is 5.10 Å². The van der Waals surface area contributed by atoms with E-state index in [1.165, 1.54) is 12.1 Å². The number of aromatic amines is 2. The molecule has 6 rings (SSSR count). The van der Waals surface area contributed by atoms with E-state index >= 15 is 0 Å². The number of ether oxygens (including phenoxy) is 1. The molecule has 0 saturated carbocycles. The molecule has 0 radical (unpaired) electrons. The van der Waals surface area contributed by atoms with Gasteiger partial charge in [-0.1, -0.05) is 0 Å². The van der Waals surface area contributed by atoms with Crippen molar-refractivity contribution in [3.05, 3.63) is 78.6 Å². The molecule has 38 heavy (non-hydrogen) atoms. The Morgan fingerprint density at radius 1 is 0.947 bits per heavy atom. The van der Waals surface area contributed by atoms with Gasteiger partial charge < -0.3 is 14.6 Å². The van der Waals surface area contributed by atoms with E-state index in [0.717, 1.165) is 56.6 Å². The Bertz CT molecular complexity index is 1770. The number of pyridine rings is 3. The second-order valence-corrected chi connectivity index (χ2v) is 9.51. The maximum Gasteiger partial charge on any atom is 0.138 e. The molecule has 8 nitrogen and oxygen atoms in total. The van der Waals surface area contributed by atoms with Gasteiger partial charge in [-0.25, -0.2) is 9.37 Å². The van der Waals surface area contributed by atoms with Crippen LogP contribution in [-0.4, -0.2) is 62.3 Å². The lowest BCUT2D eigenvalue weighted by Gasteiger charge is -2.12. The number of H-pyrrole nitrogens is 2. The van der Waals surface area contributed by atoms with Crippen LogP contribution in [0.1, 0.15) is 5.56 Å². The molecule has 9 heteroatoms. The van der Waals surface area contributed by atoms with Crippen molar-refractivity contribution in [2.75, 3.05) is 27.2 Å². The summed E-state index contributed by atoms with van der Waals surface area (Å²) in [6, 6.07) is 12.6. The van der Waals surface area contributed by atoms with Gasteiger partial charge in [0.25, 0.3) is 0 Å². The average molecular weight is 508 g/mol. The lowest BCUT2D eigenvalue weighted by molar-refractivity contribution is 0.260. The molecule has 0 saturated heterocycles. The number of nitrogens with zero attached hydrogens (tertiary/aromatic N) is 5. The number of hydrogen-bond donors (Lipinski definition) is 2. The fourth-order valence-corrected chi connectivity index (χ4v) is 4.56. The molecule has 0 aliphatic rings. The molecular formula is C29H26FN7O. The number of nitrogens with one attached hydrogen (secondary N) is 2. The molecule has 0 unspecified atom stereocenters. The fourth-order valence-electron chi connectivity index (χ4n) is 4.56. The molecule has 0 bridgehead atoms. The van der Waals surface area contributed by atoms with E-state index in [-0.39, 0.29) is 5.82 Å². The third-order valence-corrected chi connectivity index (χ3v) is 6.54. The van der Waals surface area contributed by atoms with Crippen molar-refractivity contribution in [1.29, 1.82) is 0 Å². The minimum atomic E-state index is -0.355. The Balaban J connectivity index is 1.41. The van der Waals surface area contributed by atoms with Crippen LogP contribution < -0.4 is 4.74 Å². The van der Waals surface area contributed by atoms with Crippen molar-refractivity contribution in [3.63, 3.8) is 0 Å². The molecular weight excluding hydrogens is 481 g/mol. The number of rotatable bonds is 7. The molecule has 190 valence electrons. The third kappa shape index (κ3) is 4.48. The zero-order valence-electron chi connectivity index (χ0n) is 21.3. The molecule has 5 aromatic heterocycles. The van der Waals surface area contributed by atoms with E-state index in [1.54, 1.807) is 18.6 Å². The van der Waals surface area contributed by atoms with Gasteiger partial charge in [0.15, 0.2) is 0 Å². The number of benzene rings is 1. The molecule has 1 aromatic carbocycles. The van der Waals surface area contributed by atoms with Gasteiger partial charge in [0.1, 0.15) is 29.5 Å². The zero-order valence-corrected chi connectivity index (χ0v) is 21.3. The van der Waals surface area contributed by atoms with Gasteiger partial charge in [0, 0.05) is 47.5 Å². The number of likely N-dealkylation sites (N-methyl/N-ethyl adjacent to an activating group) is 1. The van der Waals surface area contributed by atoms with Crippen LogP contribution >= 0.6 is 0 Å². The maximum absolute atomic E-state index is 14.6. The molecule has 5 heterocycles. The summed E-state index contributed by atoms with van der Waals surface area (Å²) in [5.41, 5.74) is 7.50. The Morgan fingerprint density at radius 2 is 1.84 bits per heavy atom. The number of halogens is 1. The fraction of sp³-hybridized carbons (Fsp3) is 0.172. The lowest BCUT2D eigenvalue weighted by Crippen LogP contribution is -2.19. The van der Waals surface area contributed by atoms with Crippen LogP contribution in [0.5, 0.6) is 5.75 Å². The number of fused-ring (bicyclic) bond motifs is 2. The molecule has 0 spiro atoms. The number of aryl methyl sites for hydroxylation is 1. The van der Waals surface area contributed by atoms with Crippen LogP contribution in [0.3, 0.4) is 0 Å². The average Bonchev–Trinajstić information content (AvgIpc) is 3.52. The largest absolute Gasteiger partial charge is 0.492 e. The lowest BCUT2D eigenvalue weighted by atomic mass is 10.0. The van der Waals surface area contributed by atoms with Gasteiger partial charge in [-0.3, -0.25) is 15.1 Å². The third-order valence-electron chi connectivity index (χ3n) is 6.54. The molecule has 0 aliphatic carbocycles. The van der Waals surface area contributed by atoms with Crippen molar-refractivity contribution < 1.29 is 9.13 Å². The van der Waals surface area contributed by atoms with Gasteiger partial charge in [0.05, 0.1) is 23.1 Å². The van der Waals surface area contributed by atoms with Crippen molar-refractivity contribution >= 4 is 21.9 Å². The van der Waals surface area contributed by atoms with E-state index in [2.05, 4.69) is 30.1 Å². The highest BCUT2D eigenvalue weighted by atomic mass is 19.1. The smallest absolute Gasteiger partial charge is 0.138 e. The maximum atomic E-state index is 14.6. The highest BCUT2D eigenvalue weighted by molar-refractivity contribution is 6.00. The van der Waals surface area contributed by atoms with Crippen LogP contribution in [0.15, 0.2) is 67.3 Å². The zero-order chi connectivity index (χ0) is 26.2. The molecule has 0 aliphatic heterocycles. The molecule has 0 atom stereocenters. The van der Waals surface area contributed by atoms with E-state index in [0.29, 0.717) is 23.6 Å². The summed E-state index contributed by atoms with van der Waals surface area (Å²) in [6.07, 6.45) is 7.09. The molecule has 6 aromatic rings. The first-order chi connectivity index (χ1) is 18.5. The Kier molecular flexibility index (Phi) is 6.05. The Labute approximate surface area is 218 Å². The summed E-state index contributed by atoms with van der Waals surface area (Å²) < 4.78 is 20.4. The van der Waals surface area contributed by atoms with Gasteiger partial charge >= 0.3 is 0 Å². The summed E-state index contributed by atoms with van der Waals surface area (Å²) in [6.45, 7) is 3.24. The summed E-state index contributed by atoms with van der Waals surface area (Å²) in [5.74, 6) is 0.138. The van der Waals surface area contributed by atoms with E-state index in [4.69, 9.17) is 4.74 Å². The van der Waals surface area contributed by atoms with Crippen molar-refractivity contribution in [1.82, 2.24) is 35.0 Å². The summed E-state index contributed by atoms with van der Waals surface area (Å²) in [5, 5.41) is 9.43. The Morgan fingerprint density at radius 3 is 2.68 bits per heavy atom. The van der Waals surface area contributed by atoms with Crippen molar-refractivity contribution in [3.8, 4) is 39.5 Å². The minimum Gasteiger partial charge on any atom is -0.492 e. The summed E-state index contributed by atoms with van der Waals surface area (Å²) in [4.78, 5) is 18.8. The first kappa shape index (κ1) is 23.7. The highest BCUT2D eigenvalue weighted by Crippen LogP contribution is 2.35. The first-order valence-electron chi connectivity index (χ1n) is 12.3. The highest BCUT2D eigenvalue weighted by Gasteiger charge is 2.16. The molecule has 0 amide bonds. The SMILES string of the molecule is Cc1ccncc1-c1cc2c(-c3cc4c(-c5cc(F)cc(OCCN(C)C)c5)ccnc4[nH]3)n[nH]c2cn1. The quantitative estimate of drug-likeness (QED) is 0.291.